The Labute approximate surface area is 131 Å². The average Bonchev–Trinajstić information content (AvgIpc) is 3.12. The summed E-state index contributed by atoms with van der Waals surface area (Å²) in [5, 5.41) is 14.1. The molecule has 1 aromatic carbocycles. The first kappa shape index (κ1) is 13.7. The lowest BCUT2D eigenvalue weighted by Crippen LogP contribution is -2.24. The van der Waals surface area contributed by atoms with E-state index in [1.807, 2.05) is 19.2 Å². The maximum Gasteiger partial charge on any atom is 0.226 e. The van der Waals surface area contributed by atoms with E-state index in [0.717, 1.165) is 11.3 Å². The Hall–Kier alpha value is -2.96. The third kappa shape index (κ3) is 2.21. The number of nitrogens with zero attached hydrogens (tertiary/aromatic N) is 3. The van der Waals surface area contributed by atoms with Crippen LogP contribution in [0.3, 0.4) is 0 Å². The van der Waals surface area contributed by atoms with E-state index in [-0.39, 0.29) is 17.6 Å². The van der Waals surface area contributed by atoms with Crippen LogP contribution < -0.4 is 5.32 Å². The minimum Gasteiger partial charge on any atom is -0.309 e. The number of benzene rings is 1. The SMILES string of the molecule is Cn1nccc1C1CC(=O)Nc2n[nH]c(-c3cccc(F)c3)c21. The number of carbonyl (C=O) groups is 1. The molecule has 0 spiro atoms. The molecule has 3 heterocycles. The Morgan fingerprint density at radius 2 is 2.22 bits per heavy atom. The molecule has 116 valence electrons. The highest BCUT2D eigenvalue weighted by molar-refractivity contribution is 5.95. The van der Waals surface area contributed by atoms with Crippen molar-refractivity contribution in [2.24, 2.45) is 7.05 Å². The number of nitrogens with one attached hydrogen (secondary N) is 2. The van der Waals surface area contributed by atoms with Gasteiger partial charge in [0.25, 0.3) is 0 Å². The lowest BCUT2D eigenvalue weighted by molar-refractivity contribution is -0.116. The van der Waals surface area contributed by atoms with Gasteiger partial charge in [0.15, 0.2) is 5.82 Å². The van der Waals surface area contributed by atoms with Crippen LogP contribution in [-0.2, 0) is 11.8 Å². The van der Waals surface area contributed by atoms with E-state index in [4.69, 9.17) is 0 Å². The van der Waals surface area contributed by atoms with Gasteiger partial charge in [-0.1, -0.05) is 12.1 Å². The second kappa shape index (κ2) is 5.05. The first-order valence-corrected chi connectivity index (χ1v) is 7.25. The molecule has 1 aliphatic heterocycles. The molecule has 0 fully saturated rings. The van der Waals surface area contributed by atoms with E-state index in [1.165, 1.54) is 12.1 Å². The quantitative estimate of drug-likeness (QED) is 0.763. The summed E-state index contributed by atoms with van der Waals surface area (Å²) in [6.45, 7) is 0. The summed E-state index contributed by atoms with van der Waals surface area (Å²) in [4.78, 5) is 12.0. The molecule has 0 saturated carbocycles. The fraction of sp³-hybridized carbons (Fsp3) is 0.188. The first-order valence-electron chi connectivity index (χ1n) is 7.25. The molecule has 2 aromatic heterocycles. The van der Waals surface area contributed by atoms with Crippen LogP contribution >= 0.6 is 0 Å². The van der Waals surface area contributed by atoms with Crippen molar-refractivity contribution in [3.05, 3.63) is 53.6 Å². The van der Waals surface area contributed by atoms with Crippen molar-refractivity contribution in [1.29, 1.82) is 0 Å². The number of carbonyl (C=O) groups excluding carboxylic acids is 1. The Morgan fingerprint density at radius 1 is 1.35 bits per heavy atom. The second-order valence-electron chi connectivity index (χ2n) is 5.56. The van der Waals surface area contributed by atoms with Gasteiger partial charge < -0.3 is 5.32 Å². The molecule has 0 radical (unpaired) electrons. The third-order valence-electron chi connectivity index (χ3n) is 4.13. The number of halogens is 1. The standard InChI is InChI=1S/C16H14FN5O/c1-22-12(5-6-18-22)11-8-13(23)19-16-14(11)15(20-21-16)9-3-2-4-10(17)7-9/h2-7,11H,8H2,1H3,(H2,19,20,21,23). The van der Waals surface area contributed by atoms with Crippen molar-refractivity contribution < 1.29 is 9.18 Å². The number of anilines is 1. The molecular formula is C16H14FN5O. The molecule has 23 heavy (non-hydrogen) atoms. The fourth-order valence-electron chi connectivity index (χ4n) is 3.10. The molecule has 0 bridgehead atoms. The average molecular weight is 311 g/mol. The lowest BCUT2D eigenvalue weighted by atomic mass is 9.87. The molecule has 0 saturated heterocycles. The molecule has 0 aliphatic carbocycles. The number of hydrogen-bond donors (Lipinski definition) is 2. The number of amides is 1. The number of hydrogen-bond acceptors (Lipinski definition) is 3. The summed E-state index contributed by atoms with van der Waals surface area (Å²) in [6, 6.07) is 8.19. The summed E-state index contributed by atoms with van der Waals surface area (Å²) in [7, 11) is 1.84. The normalized spacial score (nSPS) is 17.0. The van der Waals surface area contributed by atoms with Crippen LogP contribution in [0, 0.1) is 5.82 Å². The van der Waals surface area contributed by atoms with Crippen molar-refractivity contribution >= 4 is 11.7 Å². The zero-order chi connectivity index (χ0) is 16.0. The van der Waals surface area contributed by atoms with E-state index in [9.17, 15) is 9.18 Å². The summed E-state index contributed by atoms with van der Waals surface area (Å²) in [5.74, 6) is -0.0984. The Balaban J connectivity index is 1.90. The van der Waals surface area contributed by atoms with Crippen molar-refractivity contribution in [1.82, 2.24) is 20.0 Å². The number of aromatic nitrogens is 4. The van der Waals surface area contributed by atoms with Gasteiger partial charge in [-0.3, -0.25) is 14.6 Å². The topological polar surface area (TPSA) is 75.6 Å². The minimum absolute atomic E-state index is 0.0963. The maximum atomic E-state index is 13.6. The maximum absolute atomic E-state index is 13.6. The van der Waals surface area contributed by atoms with Gasteiger partial charge in [-0.15, -0.1) is 0 Å². The molecule has 4 rings (SSSR count). The second-order valence-corrected chi connectivity index (χ2v) is 5.56. The predicted molar refractivity (Wildman–Crippen MR) is 82.3 cm³/mol. The number of aryl methyl sites for hydroxylation is 1. The van der Waals surface area contributed by atoms with Gasteiger partial charge in [0.05, 0.1) is 5.69 Å². The molecule has 1 unspecified atom stereocenters. The van der Waals surface area contributed by atoms with Gasteiger partial charge in [0.2, 0.25) is 5.91 Å². The molecule has 1 aliphatic rings. The number of H-pyrrole nitrogens is 1. The van der Waals surface area contributed by atoms with Crippen LogP contribution in [0.15, 0.2) is 36.5 Å². The summed E-state index contributed by atoms with van der Waals surface area (Å²) in [5.41, 5.74) is 3.19. The highest BCUT2D eigenvalue weighted by atomic mass is 19.1. The van der Waals surface area contributed by atoms with E-state index >= 15 is 0 Å². The van der Waals surface area contributed by atoms with Gasteiger partial charge in [0, 0.05) is 42.4 Å². The minimum atomic E-state index is -0.317. The third-order valence-corrected chi connectivity index (χ3v) is 4.13. The van der Waals surface area contributed by atoms with Crippen LogP contribution in [0.1, 0.15) is 23.6 Å². The largest absolute Gasteiger partial charge is 0.309 e. The monoisotopic (exact) mass is 311 g/mol. The molecule has 1 atom stereocenters. The molecule has 2 N–H and O–H groups in total. The number of rotatable bonds is 2. The van der Waals surface area contributed by atoms with Crippen LogP contribution in [-0.4, -0.2) is 25.9 Å². The Kier molecular flexibility index (Phi) is 3.00. The van der Waals surface area contributed by atoms with Gasteiger partial charge in [0.1, 0.15) is 5.82 Å². The van der Waals surface area contributed by atoms with Gasteiger partial charge in [-0.05, 0) is 18.2 Å². The summed E-state index contributed by atoms with van der Waals surface area (Å²) in [6.07, 6.45) is 2.00. The predicted octanol–water partition coefficient (Wildman–Crippen LogP) is 2.42. The summed E-state index contributed by atoms with van der Waals surface area (Å²) < 4.78 is 15.3. The van der Waals surface area contributed by atoms with Crippen LogP contribution in [0.2, 0.25) is 0 Å². The zero-order valence-electron chi connectivity index (χ0n) is 12.4. The van der Waals surface area contributed by atoms with Gasteiger partial charge in [-0.25, -0.2) is 4.39 Å². The highest BCUT2D eigenvalue weighted by Gasteiger charge is 2.33. The number of fused-ring (bicyclic) bond motifs is 1. The molecule has 6 nitrogen and oxygen atoms in total. The molecular weight excluding hydrogens is 297 g/mol. The van der Waals surface area contributed by atoms with Crippen molar-refractivity contribution in [2.45, 2.75) is 12.3 Å². The zero-order valence-corrected chi connectivity index (χ0v) is 12.4. The van der Waals surface area contributed by atoms with Crippen LogP contribution in [0.4, 0.5) is 10.2 Å². The first-order chi connectivity index (χ1) is 11.1. The van der Waals surface area contributed by atoms with E-state index < -0.39 is 0 Å². The van der Waals surface area contributed by atoms with Crippen LogP contribution in [0.25, 0.3) is 11.3 Å². The fourth-order valence-corrected chi connectivity index (χ4v) is 3.10. The lowest BCUT2D eigenvalue weighted by Gasteiger charge is -2.23. The van der Waals surface area contributed by atoms with Crippen molar-refractivity contribution in [3.8, 4) is 11.3 Å². The smallest absolute Gasteiger partial charge is 0.226 e. The highest BCUT2D eigenvalue weighted by Crippen LogP contribution is 2.41. The van der Waals surface area contributed by atoms with Crippen LogP contribution in [0.5, 0.6) is 0 Å². The van der Waals surface area contributed by atoms with Crippen molar-refractivity contribution in [3.63, 3.8) is 0 Å². The Bertz CT molecular complexity index is 898. The van der Waals surface area contributed by atoms with E-state index in [1.54, 1.807) is 16.9 Å². The molecule has 1 amide bonds. The van der Waals surface area contributed by atoms with Gasteiger partial charge >= 0.3 is 0 Å². The summed E-state index contributed by atoms with van der Waals surface area (Å²) >= 11 is 0. The molecule has 3 aromatic rings. The van der Waals surface area contributed by atoms with E-state index in [2.05, 4.69) is 20.6 Å². The Morgan fingerprint density at radius 3 is 2.96 bits per heavy atom. The van der Waals surface area contributed by atoms with E-state index in [0.29, 0.717) is 23.5 Å². The number of aromatic amines is 1. The molecule has 7 heteroatoms. The van der Waals surface area contributed by atoms with Gasteiger partial charge in [-0.2, -0.15) is 10.2 Å². The van der Waals surface area contributed by atoms with Crippen molar-refractivity contribution in [2.75, 3.05) is 5.32 Å².